The number of pyridine rings is 1. The van der Waals surface area contributed by atoms with Gasteiger partial charge in [-0.2, -0.15) is 0 Å². The van der Waals surface area contributed by atoms with Crippen LogP contribution in [0.15, 0.2) is 12.1 Å². The summed E-state index contributed by atoms with van der Waals surface area (Å²) in [6.45, 7) is 6.10. The Balaban J connectivity index is 1.67. The predicted molar refractivity (Wildman–Crippen MR) is 84.5 cm³/mol. The van der Waals surface area contributed by atoms with Crippen LogP contribution in [0.5, 0.6) is 5.75 Å². The van der Waals surface area contributed by atoms with E-state index in [1.54, 1.807) is 13.0 Å². The molecule has 3 rings (SSSR count). The van der Waals surface area contributed by atoms with Crippen molar-refractivity contribution in [3.05, 3.63) is 23.5 Å². The predicted octanol–water partition coefficient (Wildman–Crippen LogP) is 2.07. The first kappa shape index (κ1) is 15.3. The van der Waals surface area contributed by atoms with E-state index in [9.17, 15) is 9.90 Å². The summed E-state index contributed by atoms with van der Waals surface area (Å²) in [6, 6.07) is 4.39. The van der Waals surface area contributed by atoms with Crippen molar-refractivity contribution in [2.45, 2.75) is 58.2 Å². The highest BCUT2D eigenvalue weighted by atomic mass is 16.3. The third kappa shape index (κ3) is 3.40. The highest BCUT2D eigenvalue weighted by Gasteiger charge is 2.35. The number of aromatic nitrogens is 1. The van der Waals surface area contributed by atoms with Gasteiger partial charge in [0, 0.05) is 37.8 Å². The Morgan fingerprint density at radius 3 is 2.86 bits per heavy atom. The number of likely N-dealkylation sites (tertiary alicyclic amines) is 1. The van der Waals surface area contributed by atoms with E-state index < -0.39 is 0 Å². The molecule has 1 N–H and O–H groups in total. The van der Waals surface area contributed by atoms with Gasteiger partial charge in [0.25, 0.3) is 0 Å². The SMILES string of the molecule is CC(=O)N(C[C@H]1CCCN1Cc1nc(C)ccc1O)C1CC1. The first-order chi connectivity index (χ1) is 10.5. The van der Waals surface area contributed by atoms with E-state index in [-0.39, 0.29) is 11.7 Å². The molecule has 0 bridgehead atoms. The van der Waals surface area contributed by atoms with Gasteiger partial charge in [-0.15, -0.1) is 0 Å². The summed E-state index contributed by atoms with van der Waals surface area (Å²) < 4.78 is 0. The Kier molecular flexibility index (Phi) is 4.34. The van der Waals surface area contributed by atoms with E-state index in [0.29, 0.717) is 18.6 Å². The molecule has 0 spiro atoms. The quantitative estimate of drug-likeness (QED) is 0.905. The van der Waals surface area contributed by atoms with Crippen molar-refractivity contribution >= 4 is 5.91 Å². The molecule has 1 saturated carbocycles. The van der Waals surface area contributed by atoms with Gasteiger partial charge in [0.15, 0.2) is 0 Å². The lowest BCUT2D eigenvalue weighted by Crippen LogP contribution is -2.43. The maximum atomic E-state index is 11.8. The van der Waals surface area contributed by atoms with Crippen LogP contribution in [0.25, 0.3) is 0 Å². The van der Waals surface area contributed by atoms with Crippen LogP contribution in [0, 0.1) is 6.92 Å². The molecule has 1 aliphatic heterocycles. The van der Waals surface area contributed by atoms with E-state index in [2.05, 4.69) is 9.88 Å². The normalized spacial score (nSPS) is 22.0. The summed E-state index contributed by atoms with van der Waals surface area (Å²) in [5, 5.41) is 10.00. The smallest absolute Gasteiger partial charge is 0.219 e. The minimum Gasteiger partial charge on any atom is -0.506 e. The minimum atomic E-state index is 0.186. The Morgan fingerprint density at radius 2 is 2.18 bits per heavy atom. The van der Waals surface area contributed by atoms with E-state index in [1.807, 2.05) is 17.9 Å². The number of nitrogens with zero attached hydrogens (tertiary/aromatic N) is 3. The molecule has 0 aromatic carbocycles. The Bertz CT molecular complexity index is 557. The molecule has 1 aromatic heterocycles. The number of carbonyl (C=O) groups is 1. The molecular formula is C17H25N3O2. The minimum absolute atomic E-state index is 0.186. The van der Waals surface area contributed by atoms with Crippen LogP contribution in [0.2, 0.25) is 0 Å². The summed E-state index contributed by atoms with van der Waals surface area (Å²) in [4.78, 5) is 20.7. The van der Waals surface area contributed by atoms with E-state index in [4.69, 9.17) is 0 Å². The summed E-state index contributed by atoms with van der Waals surface area (Å²) in [6.07, 6.45) is 4.55. The van der Waals surface area contributed by atoms with Gasteiger partial charge in [-0.1, -0.05) is 0 Å². The van der Waals surface area contributed by atoms with E-state index in [1.165, 1.54) is 0 Å². The second kappa shape index (κ2) is 6.24. The molecule has 0 unspecified atom stereocenters. The summed E-state index contributed by atoms with van der Waals surface area (Å²) in [5.41, 5.74) is 1.67. The lowest BCUT2D eigenvalue weighted by Gasteiger charge is -2.30. The molecule has 1 amide bonds. The number of amides is 1. The van der Waals surface area contributed by atoms with Gasteiger partial charge < -0.3 is 10.0 Å². The van der Waals surface area contributed by atoms with Crippen molar-refractivity contribution in [3.8, 4) is 5.75 Å². The highest BCUT2D eigenvalue weighted by molar-refractivity contribution is 5.74. The topological polar surface area (TPSA) is 56.7 Å². The van der Waals surface area contributed by atoms with Crippen molar-refractivity contribution < 1.29 is 9.90 Å². The van der Waals surface area contributed by atoms with Crippen LogP contribution in [0.1, 0.15) is 44.0 Å². The average molecular weight is 303 g/mol. The van der Waals surface area contributed by atoms with Crippen molar-refractivity contribution in [2.75, 3.05) is 13.1 Å². The van der Waals surface area contributed by atoms with Crippen molar-refractivity contribution in [1.82, 2.24) is 14.8 Å². The van der Waals surface area contributed by atoms with Crippen LogP contribution in [0.4, 0.5) is 0 Å². The zero-order valence-corrected chi connectivity index (χ0v) is 13.5. The summed E-state index contributed by atoms with van der Waals surface area (Å²) in [5.74, 6) is 0.452. The molecule has 5 nitrogen and oxygen atoms in total. The highest BCUT2D eigenvalue weighted by Crippen LogP contribution is 2.30. The van der Waals surface area contributed by atoms with Crippen molar-refractivity contribution in [1.29, 1.82) is 0 Å². The van der Waals surface area contributed by atoms with Crippen LogP contribution >= 0.6 is 0 Å². The van der Waals surface area contributed by atoms with Gasteiger partial charge in [0.05, 0.1) is 5.69 Å². The van der Waals surface area contributed by atoms with Crippen LogP contribution in [0.3, 0.4) is 0 Å². The second-order valence-electron chi connectivity index (χ2n) is 6.59. The summed E-state index contributed by atoms with van der Waals surface area (Å²) in [7, 11) is 0. The molecule has 2 aliphatic rings. The van der Waals surface area contributed by atoms with Gasteiger partial charge in [0.2, 0.25) is 5.91 Å². The van der Waals surface area contributed by atoms with Crippen LogP contribution < -0.4 is 0 Å². The molecule has 1 atom stereocenters. The molecular weight excluding hydrogens is 278 g/mol. The number of hydrogen-bond donors (Lipinski definition) is 1. The standard InChI is InChI=1S/C17H25N3O2/c1-12-5-8-17(22)16(18-12)11-19-9-3-4-15(19)10-20(13(2)21)14-6-7-14/h5,8,14-15,22H,3-4,6-7,9-11H2,1-2H3/t15-/m1/s1. The number of rotatable bonds is 5. The molecule has 1 aromatic rings. The number of carbonyl (C=O) groups excluding carboxylic acids is 1. The third-order valence-electron chi connectivity index (χ3n) is 4.74. The van der Waals surface area contributed by atoms with Gasteiger partial charge in [-0.3, -0.25) is 14.7 Å². The second-order valence-corrected chi connectivity index (χ2v) is 6.59. The monoisotopic (exact) mass is 303 g/mol. The average Bonchev–Trinajstić information content (AvgIpc) is 3.21. The molecule has 22 heavy (non-hydrogen) atoms. The zero-order valence-electron chi connectivity index (χ0n) is 13.5. The van der Waals surface area contributed by atoms with Gasteiger partial charge >= 0.3 is 0 Å². The fourth-order valence-corrected chi connectivity index (χ4v) is 3.37. The molecule has 120 valence electrons. The number of aryl methyl sites for hydroxylation is 1. The fourth-order valence-electron chi connectivity index (χ4n) is 3.37. The lowest BCUT2D eigenvalue weighted by atomic mass is 10.2. The largest absolute Gasteiger partial charge is 0.506 e. The number of aromatic hydroxyl groups is 1. The van der Waals surface area contributed by atoms with Crippen molar-refractivity contribution in [2.24, 2.45) is 0 Å². The Morgan fingerprint density at radius 1 is 1.41 bits per heavy atom. The van der Waals surface area contributed by atoms with E-state index in [0.717, 1.165) is 50.2 Å². The van der Waals surface area contributed by atoms with Gasteiger partial charge in [-0.25, -0.2) is 0 Å². The van der Waals surface area contributed by atoms with E-state index >= 15 is 0 Å². The van der Waals surface area contributed by atoms with Crippen LogP contribution in [-0.4, -0.2) is 51.0 Å². The Labute approximate surface area is 131 Å². The maximum absolute atomic E-state index is 11.8. The van der Waals surface area contributed by atoms with Crippen LogP contribution in [-0.2, 0) is 11.3 Å². The fraction of sp³-hybridized carbons (Fsp3) is 0.647. The van der Waals surface area contributed by atoms with Gasteiger partial charge in [0.1, 0.15) is 5.75 Å². The number of hydrogen-bond acceptors (Lipinski definition) is 4. The van der Waals surface area contributed by atoms with Gasteiger partial charge in [-0.05, 0) is 51.3 Å². The van der Waals surface area contributed by atoms with Crippen molar-refractivity contribution in [3.63, 3.8) is 0 Å². The lowest BCUT2D eigenvalue weighted by molar-refractivity contribution is -0.130. The molecule has 1 aliphatic carbocycles. The maximum Gasteiger partial charge on any atom is 0.219 e. The molecule has 2 fully saturated rings. The Hall–Kier alpha value is -1.62. The first-order valence-electron chi connectivity index (χ1n) is 8.21. The first-order valence-corrected chi connectivity index (χ1v) is 8.21. The molecule has 0 radical (unpaired) electrons. The molecule has 1 saturated heterocycles. The summed E-state index contributed by atoms with van der Waals surface area (Å²) >= 11 is 0. The molecule has 5 heteroatoms. The molecule has 2 heterocycles. The zero-order chi connectivity index (χ0) is 15.7. The third-order valence-corrected chi connectivity index (χ3v) is 4.74.